The number of carbonyl (C=O) groups excluding carboxylic acids is 3. The molecule has 0 radical (unpaired) electrons. The lowest BCUT2D eigenvalue weighted by Crippen LogP contribution is -2.38. The zero-order valence-electron chi connectivity index (χ0n) is 14.5. The summed E-state index contributed by atoms with van der Waals surface area (Å²) >= 11 is 1.58. The third-order valence-corrected chi connectivity index (χ3v) is 6.08. The fourth-order valence-electron chi connectivity index (χ4n) is 3.39. The molecule has 0 bridgehead atoms. The van der Waals surface area contributed by atoms with E-state index in [1.54, 1.807) is 36.0 Å². The summed E-state index contributed by atoms with van der Waals surface area (Å²) in [5, 5.41) is 3.00. The van der Waals surface area contributed by atoms with Crippen LogP contribution in [0.25, 0.3) is 0 Å². The molecule has 1 heterocycles. The van der Waals surface area contributed by atoms with E-state index in [-0.39, 0.29) is 23.0 Å². The lowest BCUT2D eigenvalue weighted by Gasteiger charge is -2.17. The van der Waals surface area contributed by atoms with Crippen LogP contribution >= 0.6 is 11.8 Å². The Hall–Kier alpha value is -1.82. The Morgan fingerprint density at radius 3 is 2.40 bits per heavy atom. The van der Waals surface area contributed by atoms with Crippen molar-refractivity contribution in [2.45, 2.75) is 50.3 Å². The van der Waals surface area contributed by atoms with Gasteiger partial charge in [-0.2, -0.15) is 0 Å². The van der Waals surface area contributed by atoms with Crippen LogP contribution in [-0.4, -0.2) is 46.2 Å². The molecular formula is C19H24N2O3S. The predicted molar refractivity (Wildman–Crippen MR) is 98.7 cm³/mol. The van der Waals surface area contributed by atoms with E-state index in [0.29, 0.717) is 30.1 Å². The Morgan fingerprint density at radius 1 is 1.20 bits per heavy atom. The van der Waals surface area contributed by atoms with Crippen LogP contribution in [0.15, 0.2) is 24.3 Å². The van der Waals surface area contributed by atoms with Gasteiger partial charge in [0.15, 0.2) is 0 Å². The number of amides is 3. The first-order chi connectivity index (χ1) is 12.1. The molecule has 3 amide bonds. The lowest BCUT2D eigenvalue weighted by molar-refractivity contribution is -0.120. The molecule has 0 spiro atoms. The topological polar surface area (TPSA) is 66.5 Å². The molecule has 6 heteroatoms. The van der Waals surface area contributed by atoms with Gasteiger partial charge in [0.05, 0.1) is 16.4 Å². The molecule has 134 valence electrons. The Balaban J connectivity index is 1.41. The second kappa shape index (κ2) is 8.04. The highest BCUT2D eigenvalue weighted by molar-refractivity contribution is 8.00. The molecule has 1 aliphatic carbocycles. The first-order valence-electron chi connectivity index (χ1n) is 8.95. The van der Waals surface area contributed by atoms with Crippen LogP contribution in [0.2, 0.25) is 0 Å². The van der Waals surface area contributed by atoms with Crippen molar-refractivity contribution >= 4 is 29.5 Å². The van der Waals surface area contributed by atoms with E-state index in [9.17, 15) is 14.4 Å². The van der Waals surface area contributed by atoms with Gasteiger partial charge in [0.25, 0.3) is 11.8 Å². The molecule has 1 fully saturated rings. The van der Waals surface area contributed by atoms with E-state index in [2.05, 4.69) is 5.32 Å². The Labute approximate surface area is 152 Å². The number of nitrogens with zero attached hydrogens (tertiary/aromatic N) is 1. The summed E-state index contributed by atoms with van der Waals surface area (Å²) in [4.78, 5) is 38.0. The SMILES string of the molecule is CC(SCCCN1C(=O)c2ccccc2C1=O)C(=O)NC1CCCC1. The summed E-state index contributed by atoms with van der Waals surface area (Å²) in [5.41, 5.74) is 0.980. The van der Waals surface area contributed by atoms with Gasteiger partial charge in [-0.05, 0) is 44.1 Å². The van der Waals surface area contributed by atoms with Gasteiger partial charge >= 0.3 is 0 Å². The number of fused-ring (bicyclic) bond motifs is 1. The average molecular weight is 360 g/mol. The molecule has 25 heavy (non-hydrogen) atoms. The normalized spacial score (nSPS) is 18.5. The van der Waals surface area contributed by atoms with Crippen molar-refractivity contribution < 1.29 is 14.4 Å². The van der Waals surface area contributed by atoms with Crippen molar-refractivity contribution in [3.05, 3.63) is 35.4 Å². The number of carbonyl (C=O) groups is 3. The molecule has 1 aliphatic heterocycles. The predicted octanol–water partition coefficient (Wildman–Crippen LogP) is 2.85. The van der Waals surface area contributed by atoms with Gasteiger partial charge < -0.3 is 5.32 Å². The number of imide groups is 1. The number of hydrogen-bond acceptors (Lipinski definition) is 4. The van der Waals surface area contributed by atoms with E-state index in [1.807, 2.05) is 6.92 Å². The van der Waals surface area contributed by atoms with E-state index in [0.717, 1.165) is 18.6 Å². The molecule has 1 atom stereocenters. The first kappa shape index (κ1) is 18.0. The van der Waals surface area contributed by atoms with Crippen LogP contribution in [-0.2, 0) is 4.79 Å². The van der Waals surface area contributed by atoms with Crippen LogP contribution < -0.4 is 5.32 Å². The molecule has 1 saturated carbocycles. The lowest BCUT2D eigenvalue weighted by atomic mass is 10.1. The smallest absolute Gasteiger partial charge is 0.261 e. The molecule has 1 aromatic carbocycles. The van der Waals surface area contributed by atoms with E-state index in [1.165, 1.54) is 17.7 Å². The van der Waals surface area contributed by atoms with E-state index >= 15 is 0 Å². The summed E-state index contributed by atoms with van der Waals surface area (Å²) in [5.74, 6) is 0.417. The molecule has 5 nitrogen and oxygen atoms in total. The van der Waals surface area contributed by atoms with Crippen molar-refractivity contribution in [2.24, 2.45) is 0 Å². The summed E-state index contributed by atoms with van der Waals surface area (Å²) < 4.78 is 0. The Kier molecular flexibility index (Phi) is 5.78. The van der Waals surface area contributed by atoms with Crippen molar-refractivity contribution in [3.63, 3.8) is 0 Å². The summed E-state index contributed by atoms with van der Waals surface area (Å²) in [6.45, 7) is 2.31. The summed E-state index contributed by atoms with van der Waals surface area (Å²) in [7, 11) is 0. The standard InChI is InChI=1S/C19H24N2O3S/c1-13(17(22)20-14-7-2-3-8-14)25-12-6-11-21-18(23)15-9-4-5-10-16(15)19(21)24/h4-5,9-10,13-14H,2-3,6-8,11-12H2,1H3,(H,20,22). The Morgan fingerprint density at radius 2 is 1.80 bits per heavy atom. The van der Waals surface area contributed by atoms with E-state index < -0.39 is 0 Å². The van der Waals surface area contributed by atoms with Gasteiger partial charge in [0.1, 0.15) is 0 Å². The molecule has 2 aliphatic rings. The molecular weight excluding hydrogens is 336 g/mol. The fraction of sp³-hybridized carbons (Fsp3) is 0.526. The van der Waals surface area contributed by atoms with Crippen molar-refractivity contribution in [1.82, 2.24) is 10.2 Å². The molecule has 3 rings (SSSR count). The molecule has 0 saturated heterocycles. The second-order valence-electron chi connectivity index (χ2n) is 6.66. The van der Waals surface area contributed by atoms with Gasteiger partial charge in [-0.15, -0.1) is 11.8 Å². The van der Waals surface area contributed by atoms with Crippen molar-refractivity contribution in [3.8, 4) is 0 Å². The number of rotatable bonds is 7. The fourth-order valence-corrected chi connectivity index (χ4v) is 4.26. The third kappa shape index (κ3) is 4.06. The number of hydrogen-bond donors (Lipinski definition) is 1. The van der Waals surface area contributed by atoms with Gasteiger partial charge in [0, 0.05) is 12.6 Å². The molecule has 1 aromatic rings. The van der Waals surface area contributed by atoms with Crippen molar-refractivity contribution in [2.75, 3.05) is 12.3 Å². The summed E-state index contributed by atoms with van der Waals surface area (Å²) in [6.07, 6.45) is 5.27. The number of thioether (sulfide) groups is 1. The first-order valence-corrected chi connectivity index (χ1v) is 10.00. The zero-order valence-corrected chi connectivity index (χ0v) is 15.3. The van der Waals surface area contributed by atoms with Crippen LogP contribution in [0.5, 0.6) is 0 Å². The second-order valence-corrected chi connectivity index (χ2v) is 8.11. The Bertz CT molecular complexity index is 635. The number of nitrogens with one attached hydrogen (secondary N) is 1. The van der Waals surface area contributed by atoms with Gasteiger partial charge in [0.2, 0.25) is 5.91 Å². The largest absolute Gasteiger partial charge is 0.352 e. The highest BCUT2D eigenvalue weighted by Crippen LogP contribution is 2.23. The molecule has 1 N–H and O–H groups in total. The molecule has 0 aromatic heterocycles. The highest BCUT2D eigenvalue weighted by atomic mass is 32.2. The highest BCUT2D eigenvalue weighted by Gasteiger charge is 2.34. The van der Waals surface area contributed by atoms with Gasteiger partial charge in [-0.1, -0.05) is 25.0 Å². The minimum Gasteiger partial charge on any atom is -0.352 e. The maximum Gasteiger partial charge on any atom is 0.261 e. The van der Waals surface area contributed by atoms with Crippen molar-refractivity contribution in [1.29, 1.82) is 0 Å². The zero-order chi connectivity index (χ0) is 17.8. The van der Waals surface area contributed by atoms with Crippen LogP contribution in [0.3, 0.4) is 0 Å². The quantitative estimate of drug-likeness (QED) is 0.600. The third-order valence-electron chi connectivity index (χ3n) is 4.84. The average Bonchev–Trinajstić information content (AvgIpc) is 3.20. The minimum atomic E-state index is -0.211. The van der Waals surface area contributed by atoms with Gasteiger partial charge in [-0.3, -0.25) is 19.3 Å². The van der Waals surface area contributed by atoms with E-state index in [4.69, 9.17) is 0 Å². The van der Waals surface area contributed by atoms with Crippen LogP contribution in [0.1, 0.15) is 59.7 Å². The maximum atomic E-state index is 12.3. The monoisotopic (exact) mass is 360 g/mol. The van der Waals surface area contributed by atoms with Crippen LogP contribution in [0.4, 0.5) is 0 Å². The maximum absolute atomic E-state index is 12.3. The van der Waals surface area contributed by atoms with Gasteiger partial charge in [-0.25, -0.2) is 0 Å². The summed E-state index contributed by atoms with van der Waals surface area (Å²) in [6, 6.07) is 7.27. The number of benzene rings is 1. The van der Waals surface area contributed by atoms with Crippen LogP contribution in [0, 0.1) is 0 Å². The minimum absolute atomic E-state index is 0.0950. The molecule has 1 unspecified atom stereocenters.